The Hall–Kier alpha value is -1.32. The molecule has 0 fully saturated rings. The molecule has 0 amide bonds. The van der Waals surface area contributed by atoms with Gasteiger partial charge in [0.1, 0.15) is 0 Å². The van der Waals surface area contributed by atoms with Crippen LogP contribution in [0, 0.1) is 0 Å². The van der Waals surface area contributed by atoms with Crippen LogP contribution in [-0.4, -0.2) is 21.0 Å². The topological polar surface area (TPSA) is 56.2 Å². The average molecular weight is 354 g/mol. The van der Waals surface area contributed by atoms with Gasteiger partial charge in [-0.25, -0.2) is 0 Å². The standard InChI is InChI=1S/C14H19NO2.4C2H6/c1-3-10-5-6-13-12(7-10)11(9-15-13)8-14(16,17)4-2;4*1-2/h5-7,9,15-17H,3-4,8H2,1-2H3;4*1-2H3. The van der Waals surface area contributed by atoms with Gasteiger partial charge in [0.05, 0.1) is 0 Å². The lowest BCUT2D eigenvalue weighted by Gasteiger charge is -2.19. The van der Waals surface area contributed by atoms with Crippen LogP contribution in [0.1, 0.15) is 86.8 Å². The summed E-state index contributed by atoms with van der Waals surface area (Å²) in [5, 5.41) is 20.5. The van der Waals surface area contributed by atoms with Gasteiger partial charge in [-0.3, -0.25) is 0 Å². The van der Waals surface area contributed by atoms with E-state index in [1.54, 1.807) is 6.92 Å². The van der Waals surface area contributed by atoms with Crippen molar-refractivity contribution in [2.75, 3.05) is 0 Å². The summed E-state index contributed by atoms with van der Waals surface area (Å²) in [6.07, 6.45) is 3.43. The molecule has 148 valence electrons. The highest BCUT2D eigenvalue weighted by Crippen LogP contribution is 2.24. The van der Waals surface area contributed by atoms with Gasteiger partial charge in [0.25, 0.3) is 0 Å². The third kappa shape index (κ3) is 10.3. The Morgan fingerprint density at radius 2 is 1.40 bits per heavy atom. The van der Waals surface area contributed by atoms with E-state index in [4.69, 9.17) is 0 Å². The summed E-state index contributed by atoms with van der Waals surface area (Å²) >= 11 is 0. The normalized spacial score (nSPS) is 9.28. The fraction of sp³-hybridized carbons (Fsp3) is 0.636. The molecule has 1 aromatic heterocycles. The van der Waals surface area contributed by atoms with Crippen LogP contribution in [0.4, 0.5) is 0 Å². The first-order valence-corrected chi connectivity index (χ1v) is 10.1. The molecule has 2 aromatic rings. The number of hydrogen-bond acceptors (Lipinski definition) is 2. The van der Waals surface area contributed by atoms with Gasteiger partial charge in [-0.2, -0.15) is 0 Å². The second-order valence-corrected chi connectivity index (χ2v) is 4.56. The van der Waals surface area contributed by atoms with Crippen molar-refractivity contribution in [1.29, 1.82) is 0 Å². The maximum atomic E-state index is 9.72. The molecule has 2 rings (SSSR count). The summed E-state index contributed by atoms with van der Waals surface area (Å²) in [7, 11) is 0. The molecular weight excluding hydrogens is 310 g/mol. The van der Waals surface area contributed by atoms with Crippen LogP contribution in [-0.2, 0) is 12.8 Å². The number of aryl methyl sites for hydroxylation is 1. The largest absolute Gasteiger partial charge is 0.365 e. The molecule has 0 spiro atoms. The number of nitrogens with one attached hydrogen (secondary N) is 1. The van der Waals surface area contributed by atoms with Gasteiger partial charge in [0, 0.05) is 23.5 Å². The number of hydrogen-bond donors (Lipinski definition) is 3. The van der Waals surface area contributed by atoms with Crippen LogP contribution >= 0.6 is 0 Å². The summed E-state index contributed by atoms with van der Waals surface area (Å²) in [5.74, 6) is -1.61. The zero-order valence-corrected chi connectivity index (χ0v) is 18.3. The molecule has 1 aromatic carbocycles. The van der Waals surface area contributed by atoms with E-state index in [-0.39, 0.29) is 6.42 Å². The lowest BCUT2D eigenvalue weighted by molar-refractivity contribution is -0.160. The third-order valence-corrected chi connectivity index (χ3v) is 3.28. The van der Waals surface area contributed by atoms with E-state index in [9.17, 15) is 10.2 Å². The Bertz CT molecular complexity index is 516. The minimum absolute atomic E-state index is 0.261. The van der Waals surface area contributed by atoms with Gasteiger partial charge in [-0.1, -0.05) is 75.3 Å². The zero-order valence-electron chi connectivity index (χ0n) is 18.3. The molecule has 0 atom stereocenters. The number of benzene rings is 1. The quantitative estimate of drug-likeness (QED) is 0.552. The van der Waals surface area contributed by atoms with Crippen molar-refractivity contribution in [1.82, 2.24) is 4.98 Å². The van der Waals surface area contributed by atoms with Gasteiger partial charge < -0.3 is 15.2 Å². The third-order valence-electron chi connectivity index (χ3n) is 3.28. The van der Waals surface area contributed by atoms with Crippen LogP contribution in [0.2, 0.25) is 0 Å². The van der Waals surface area contributed by atoms with Crippen LogP contribution in [0.15, 0.2) is 24.4 Å². The van der Waals surface area contributed by atoms with E-state index in [0.29, 0.717) is 6.42 Å². The van der Waals surface area contributed by atoms with E-state index in [2.05, 4.69) is 24.0 Å². The highest BCUT2D eigenvalue weighted by molar-refractivity contribution is 5.84. The predicted molar refractivity (Wildman–Crippen MR) is 114 cm³/mol. The highest BCUT2D eigenvalue weighted by Gasteiger charge is 2.22. The monoisotopic (exact) mass is 353 g/mol. The van der Waals surface area contributed by atoms with Crippen molar-refractivity contribution in [3.63, 3.8) is 0 Å². The van der Waals surface area contributed by atoms with Crippen LogP contribution < -0.4 is 0 Å². The molecule has 25 heavy (non-hydrogen) atoms. The molecule has 3 nitrogen and oxygen atoms in total. The van der Waals surface area contributed by atoms with Crippen LogP contribution in [0.25, 0.3) is 10.9 Å². The van der Waals surface area contributed by atoms with Gasteiger partial charge in [0.15, 0.2) is 5.79 Å². The molecule has 0 aliphatic carbocycles. The number of aliphatic hydroxyl groups is 2. The van der Waals surface area contributed by atoms with Gasteiger partial charge in [-0.15, -0.1) is 0 Å². The number of fused-ring (bicyclic) bond motifs is 1. The van der Waals surface area contributed by atoms with Gasteiger partial charge >= 0.3 is 0 Å². The van der Waals surface area contributed by atoms with Crippen molar-refractivity contribution in [2.24, 2.45) is 0 Å². The second kappa shape index (κ2) is 17.5. The lowest BCUT2D eigenvalue weighted by atomic mass is 10.0. The molecule has 0 unspecified atom stereocenters. The maximum absolute atomic E-state index is 9.72. The Labute approximate surface area is 156 Å². The number of rotatable bonds is 4. The first-order valence-electron chi connectivity index (χ1n) is 10.1. The van der Waals surface area contributed by atoms with Gasteiger partial charge in [0.2, 0.25) is 0 Å². The molecule has 3 N–H and O–H groups in total. The average Bonchev–Trinajstić information content (AvgIpc) is 3.09. The number of aromatic nitrogens is 1. The first-order chi connectivity index (χ1) is 12.1. The minimum Gasteiger partial charge on any atom is -0.365 e. The SMILES string of the molecule is CC.CC.CC.CC.CCc1ccc2[nH]cc(CC(O)(O)CC)c2c1. The predicted octanol–water partition coefficient (Wildman–Crippen LogP) is 6.47. The molecule has 0 aliphatic heterocycles. The smallest absolute Gasteiger partial charge is 0.166 e. The minimum atomic E-state index is -1.61. The Morgan fingerprint density at radius 1 is 0.880 bits per heavy atom. The molecule has 0 saturated heterocycles. The summed E-state index contributed by atoms with van der Waals surface area (Å²) in [5.41, 5.74) is 3.27. The fourth-order valence-electron chi connectivity index (χ4n) is 2.02. The second-order valence-electron chi connectivity index (χ2n) is 4.56. The van der Waals surface area contributed by atoms with Crippen molar-refractivity contribution in [3.05, 3.63) is 35.5 Å². The highest BCUT2D eigenvalue weighted by atomic mass is 16.5. The Kier molecular flexibility index (Phi) is 19.9. The number of aromatic amines is 1. The number of H-pyrrole nitrogens is 1. The van der Waals surface area contributed by atoms with E-state index in [0.717, 1.165) is 22.9 Å². The molecule has 0 radical (unpaired) electrons. The molecule has 3 heteroatoms. The summed E-state index contributed by atoms with van der Waals surface area (Å²) in [4.78, 5) is 3.16. The first kappa shape index (κ1) is 28.5. The summed E-state index contributed by atoms with van der Waals surface area (Å²) in [6, 6.07) is 6.25. The molecule has 0 bridgehead atoms. The van der Waals surface area contributed by atoms with Crippen molar-refractivity contribution in [2.45, 2.75) is 94.3 Å². The molecule has 0 aliphatic rings. The summed E-state index contributed by atoms with van der Waals surface area (Å²) in [6.45, 7) is 19.9. The van der Waals surface area contributed by atoms with Crippen molar-refractivity contribution < 1.29 is 10.2 Å². The Balaban J connectivity index is -0.000000533. The lowest BCUT2D eigenvalue weighted by Crippen LogP contribution is -2.29. The van der Waals surface area contributed by atoms with E-state index in [1.807, 2.05) is 67.7 Å². The van der Waals surface area contributed by atoms with Crippen molar-refractivity contribution in [3.8, 4) is 0 Å². The molecule has 0 saturated carbocycles. The van der Waals surface area contributed by atoms with E-state index in [1.165, 1.54) is 5.56 Å². The van der Waals surface area contributed by atoms with Crippen LogP contribution in [0.3, 0.4) is 0 Å². The Morgan fingerprint density at radius 3 is 1.84 bits per heavy atom. The zero-order chi connectivity index (χ0) is 20.5. The van der Waals surface area contributed by atoms with E-state index < -0.39 is 5.79 Å². The summed E-state index contributed by atoms with van der Waals surface area (Å²) < 4.78 is 0. The van der Waals surface area contributed by atoms with E-state index >= 15 is 0 Å². The van der Waals surface area contributed by atoms with Crippen molar-refractivity contribution >= 4 is 10.9 Å². The van der Waals surface area contributed by atoms with Gasteiger partial charge in [-0.05, 0) is 36.1 Å². The van der Waals surface area contributed by atoms with Crippen LogP contribution in [0.5, 0.6) is 0 Å². The maximum Gasteiger partial charge on any atom is 0.166 e. The fourth-order valence-corrected chi connectivity index (χ4v) is 2.02. The molecular formula is C22H43NO2. The molecule has 1 heterocycles.